The molecule has 7 nitrogen and oxygen atoms in total. The van der Waals surface area contributed by atoms with Crippen LogP contribution >= 0.6 is 0 Å². The molecule has 0 aliphatic rings. The van der Waals surface area contributed by atoms with Gasteiger partial charge in [-0.3, -0.25) is 10.1 Å². The number of H-pyrrole nitrogens is 1. The van der Waals surface area contributed by atoms with Crippen LogP contribution in [0.4, 0.5) is 19.0 Å². The molecule has 156 valence electrons. The van der Waals surface area contributed by atoms with Gasteiger partial charge in [-0.2, -0.15) is 13.2 Å². The standard InChI is InChI=1S/C19H20F3N3O4/c1-12-9-13(2)23-15(10-12)24-18(17(27)28-3,19(20,21)22)25-16(26)11-29-14-7-5-4-6-8-14/h4-10H,11H2,1-3H3,(H,23,24)(H,25,26)/p+1/t18-/m1/s1. The van der Waals surface area contributed by atoms with E-state index in [4.69, 9.17) is 4.74 Å². The van der Waals surface area contributed by atoms with Crippen molar-refractivity contribution in [2.45, 2.75) is 25.7 Å². The van der Waals surface area contributed by atoms with Crippen molar-refractivity contribution in [1.29, 1.82) is 0 Å². The number of amides is 1. The van der Waals surface area contributed by atoms with Gasteiger partial charge in [0.2, 0.25) is 0 Å². The molecule has 0 unspecified atom stereocenters. The number of alkyl halides is 3. The number of benzene rings is 1. The first kappa shape index (κ1) is 22.0. The molecule has 0 radical (unpaired) electrons. The number of carbonyl (C=O) groups excluding carboxylic acids is 2. The second kappa shape index (κ2) is 8.80. The predicted molar refractivity (Wildman–Crippen MR) is 97.0 cm³/mol. The van der Waals surface area contributed by atoms with E-state index in [0.717, 1.165) is 7.11 Å². The van der Waals surface area contributed by atoms with E-state index in [0.29, 0.717) is 11.3 Å². The number of para-hydroxylation sites is 1. The molecule has 0 aliphatic carbocycles. The Balaban J connectivity index is 2.32. The van der Waals surface area contributed by atoms with Crippen molar-refractivity contribution < 1.29 is 37.2 Å². The van der Waals surface area contributed by atoms with Crippen molar-refractivity contribution in [2.75, 3.05) is 19.0 Å². The van der Waals surface area contributed by atoms with E-state index in [2.05, 4.69) is 15.0 Å². The van der Waals surface area contributed by atoms with Crippen molar-refractivity contribution in [2.24, 2.45) is 0 Å². The second-order valence-electron chi connectivity index (χ2n) is 6.27. The highest BCUT2D eigenvalue weighted by atomic mass is 19.4. The number of aromatic amines is 1. The van der Waals surface area contributed by atoms with Gasteiger partial charge in [0.05, 0.1) is 12.8 Å². The molecule has 1 heterocycles. The Labute approximate surface area is 165 Å². The van der Waals surface area contributed by atoms with Crippen LogP contribution in [0.15, 0.2) is 42.5 Å². The van der Waals surface area contributed by atoms with Crippen molar-refractivity contribution in [3.05, 3.63) is 53.7 Å². The number of methoxy groups -OCH3 is 1. The SMILES string of the molecule is COC(=O)[C@](NC(=O)COc1ccccc1)(Nc1cc(C)cc(C)[nH+]1)C(F)(F)F. The van der Waals surface area contributed by atoms with Crippen LogP contribution in [0.25, 0.3) is 0 Å². The van der Waals surface area contributed by atoms with Gasteiger partial charge >= 0.3 is 17.8 Å². The predicted octanol–water partition coefficient (Wildman–Crippen LogP) is 2.16. The molecule has 0 bridgehead atoms. The largest absolute Gasteiger partial charge is 0.484 e. The maximum atomic E-state index is 14.0. The van der Waals surface area contributed by atoms with Gasteiger partial charge in [0, 0.05) is 6.07 Å². The van der Waals surface area contributed by atoms with Gasteiger partial charge in [-0.15, -0.1) is 0 Å². The molecule has 2 rings (SSSR count). The summed E-state index contributed by atoms with van der Waals surface area (Å²) in [4.78, 5) is 27.1. The van der Waals surface area contributed by atoms with Crippen LogP contribution in [0.3, 0.4) is 0 Å². The van der Waals surface area contributed by atoms with Gasteiger partial charge in [0.1, 0.15) is 5.75 Å². The van der Waals surface area contributed by atoms with E-state index in [1.54, 1.807) is 43.4 Å². The molecule has 3 N–H and O–H groups in total. The zero-order valence-electron chi connectivity index (χ0n) is 16.0. The van der Waals surface area contributed by atoms with Gasteiger partial charge in [-0.1, -0.05) is 18.2 Å². The number of hydrogen-bond donors (Lipinski definition) is 2. The van der Waals surface area contributed by atoms with Crippen molar-refractivity contribution in [1.82, 2.24) is 5.32 Å². The van der Waals surface area contributed by atoms with Crippen LogP contribution in [0.1, 0.15) is 11.3 Å². The average Bonchev–Trinajstić information content (AvgIpc) is 2.64. The molecule has 29 heavy (non-hydrogen) atoms. The van der Waals surface area contributed by atoms with E-state index >= 15 is 0 Å². The maximum Gasteiger partial charge on any atom is 0.464 e. The highest BCUT2D eigenvalue weighted by Gasteiger charge is 2.67. The summed E-state index contributed by atoms with van der Waals surface area (Å²) >= 11 is 0. The van der Waals surface area contributed by atoms with Crippen molar-refractivity contribution in [3.63, 3.8) is 0 Å². The summed E-state index contributed by atoms with van der Waals surface area (Å²) in [6.07, 6.45) is -5.23. The monoisotopic (exact) mass is 412 g/mol. The van der Waals surface area contributed by atoms with Crippen LogP contribution in [-0.4, -0.2) is 37.4 Å². The van der Waals surface area contributed by atoms with Crippen LogP contribution in [0.2, 0.25) is 0 Å². The Hall–Kier alpha value is -3.30. The molecule has 0 fully saturated rings. The summed E-state index contributed by atoms with van der Waals surface area (Å²) in [5, 5.41) is 3.74. The summed E-state index contributed by atoms with van der Waals surface area (Å²) < 4.78 is 51.5. The third-order valence-corrected chi connectivity index (χ3v) is 3.83. The fourth-order valence-electron chi connectivity index (χ4n) is 2.62. The number of pyridine rings is 1. The molecule has 0 saturated carbocycles. The normalized spacial score (nSPS) is 13.2. The Kier molecular flexibility index (Phi) is 6.68. The lowest BCUT2D eigenvalue weighted by Crippen LogP contribution is -2.70. The minimum atomic E-state index is -5.23. The maximum absolute atomic E-state index is 14.0. The molecule has 1 amide bonds. The summed E-state index contributed by atoms with van der Waals surface area (Å²) in [5.41, 5.74) is -2.33. The average molecular weight is 412 g/mol. The Bertz CT molecular complexity index is 854. The lowest BCUT2D eigenvalue weighted by atomic mass is 10.1. The molecular weight excluding hydrogens is 391 g/mol. The molecule has 1 aromatic carbocycles. The first-order valence-electron chi connectivity index (χ1n) is 8.50. The molecule has 2 aromatic rings. The third kappa shape index (κ3) is 5.37. The van der Waals surface area contributed by atoms with Crippen molar-refractivity contribution >= 4 is 17.7 Å². The van der Waals surface area contributed by atoms with Crippen LogP contribution in [-0.2, 0) is 14.3 Å². The highest BCUT2D eigenvalue weighted by molar-refractivity contribution is 5.91. The first-order chi connectivity index (χ1) is 13.6. The summed E-state index contributed by atoms with van der Waals surface area (Å²) in [7, 11) is 0.794. The van der Waals surface area contributed by atoms with E-state index in [9.17, 15) is 22.8 Å². The van der Waals surface area contributed by atoms with E-state index in [1.807, 2.05) is 0 Å². The van der Waals surface area contributed by atoms with Gasteiger partial charge in [-0.25, -0.2) is 15.1 Å². The fourth-order valence-corrected chi connectivity index (χ4v) is 2.62. The van der Waals surface area contributed by atoms with Gasteiger partial charge in [-0.05, 0) is 37.6 Å². The van der Waals surface area contributed by atoms with E-state index in [1.165, 1.54) is 18.2 Å². The molecule has 1 atom stereocenters. The smallest absolute Gasteiger partial charge is 0.464 e. The van der Waals surface area contributed by atoms with Gasteiger partial charge in [0.15, 0.2) is 6.61 Å². The van der Waals surface area contributed by atoms with Crippen LogP contribution in [0.5, 0.6) is 5.75 Å². The fraction of sp³-hybridized carbons (Fsp3) is 0.316. The number of hydrogen-bond acceptors (Lipinski definition) is 5. The first-order valence-corrected chi connectivity index (χ1v) is 8.50. The van der Waals surface area contributed by atoms with Gasteiger partial charge < -0.3 is 9.47 Å². The molecule has 0 aliphatic heterocycles. The number of halogens is 3. The van der Waals surface area contributed by atoms with E-state index < -0.39 is 30.3 Å². The minimum absolute atomic E-state index is 0.130. The topological polar surface area (TPSA) is 90.8 Å². The van der Waals surface area contributed by atoms with E-state index in [-0.39, 0.29) is 11.6 Å². The lowest BCUT2D eigenvalue weighted by molar-refractivity contribution is -0.372. The number of ether oxygens (including phenoxy) is 2. The number of carbonyl (C=O) groups is 2. The quantitative estimate of drug-likeness (QED) is 0.537. The zero-order chi connectivity index (χ0) is 21.7. The number of rotatable bonds is 7. The molecule has 1 aromatic heterocycles. The molecule has 10 heteroatoms. The minimum Gasteiger partial charge on any atom is -0.484 e. The number of aryl methyl sites for hydroxylation is 2. The zero-order valence-corrected chi connectivity index (χ0v) is 16.0. The summed E-state index contributed by atoms with van der Waals surface area (Å²) in [6, 6.07) is 11.1. The van der Waals surface area contributed by atoms with Crippen LogP contribution < -0.4 is 20.4 Å². The highest BCUT2D eigenvalue weighted by Crippen LogP contribution is 2.32. The number of esters is 1. The number of nitrogens with one attached hydrogen (secondary N) is 3. The summed E-state index contributed by atoms with van der Waals surface area (Å²) in [6.45, 7) is 2.57. The van der Waals surface area contributed by atoms with Gasteiger partial charge in [0.25, 0.3) is 11.7 Å². The van der Waals surface area contributed by atoms with Crippen molar-refractivity contribution in [3.8, 4) is 5.75 Å². The molecular formula is C19H21F3N3O4+. The Morgan fingerprint density at radius 2 is 1.76 bits per heavy atom. The molecule has 0 spiro atoms. The summed E-state index contributed by atoms with van der Waals surface area (Å²) in [5.74, 6) is -2.75. The third-order valence-electron chi connectivity index (χ3n) is 3.83. The van der Waals surface area contributed by atoms with Crippen LogP contribution in [0, 0.1) is 13.8 Å². The second-order valence-corrected chi connectivity index (χ2v) is 6.27. The number of aromatic nitrogens is 1. The molecule has 0 saturated heterocycles. The lowest BCUT2D eigenvalue weighted by Gasteiger charge is -2.30. The Morgan fingerprint density at radius 1 is 1.10 bits per heavy atom. The Morgan fingerprint density at radius 3 is 2.31 bits per heavy atom. The number of anilines is 1.